The van der Waals surface area contributed by atoms with E-state index in [1.54, 1.807) is 49.4 Å². The minimum atomic E-state index is -0.523. The maximum atomic E-state index is 12.9. The summed E-state index contributed by atoms with van der Waals surface area (Å²) in [4.78, 5) is 25.3. The molecule has 156 valence electrons. The van der Waals surface area contributed by atoms with Crippen molar-refractivity contribution in [1.29, 1.82) is 0 Å². The molecule has 1 aliphatic rings. The third kappa shape index (κ3) is 4.18. The fraction of sp³-hybridized carbons (Fsp3) is 0.120. The zero-order valence-electron chi connectivity index (χ0n) is 17.0. The first kappa shape index (κ1) is 20.7. The van der Waals surface area contributed by atoms with E-state index in [0.717, 1.165) is 5.56 Å². The van der Waals surface area contributed by atoms with Gasteiger partial charge in [0, 0.05) is 16.1 Å². The molecule has 0 N–H and O–H groups in total. The molecule has 3 aromatic carbocycles. The standard InChI is InChI=1S/C25H19ClO5/c1-3-29-21-7-5-4-6-17(21)14-22-23(27)19-12-13-20(15(2)24(19)30-22)31-25(28)16-8-10-18(26)11-9-16/h4-14H,3H2,1-2H3/b22-14-. The Balaban J connectivity index is 1.61. The minimum absolute atomic E-state index is 0.187. The molecule has 0 spiro atoms. The van der Waals surface area contributed by atoms with Crippen molar-refractivity contribution in [2.45, 2.75) is 13.8 Å². The van der Waals surface area contributed by atoms with Crippen molar-refractivity contribution in [3.8, 4) is 17.2 Å². The minimum Gasteiger partial charge on any atom is -0.493 e. The molecule has 1 aliphatic heterocycles. The van der Waals surface area contributed by atoms with Crippen LogP contribution in [0.4, 0.5) is 0 Å². The molecule has 0 amide bonds. The summed E-state index contributed by atoms with van der Waals surface area (Å²) in [5, 5.41) is 0.530. The second-order valence-electron chi connectivity index (χ2n) is 6.87. The lowest BCUT2D eigenvalue weighted by molar-refractivity contribution is 0.0733. The van der Waals surface area contributed by atoms with Gasteiger partial charge < -0.3 is 14.2 Å². The normalized spacial score (nSPS) is 13.6. The highest BCUT2D eigenvalue weighted by Gasteiger charge is 2.31. The highest BCUT2D eigenvalue weighted by Crippen LogP contribution is 2.40. The predicted octanol–water partition coefficient (Wildman–Crippen LogP) is 5.88. The number of ketones is 1. The first-order valence-electron chi connectivity index (χ1n) is 9.75. The fourth-order valence-electron chi connectivity index (χ4n) is 3.25. The summed E-state index contributed by atoms with van der Waals surface area (Å²) >= 11 is 5.86. The average Bonchev–Trinajstić information content (AvgIpc) is 3.08. The number of rotatable bonds is 5. The lowest BCUT2D eigenvalue weighted by Gasteiger charge is -2.10. The Morgan fingerprint density at radius 1 is 1.03 bits per heavy atom. The zero-order valence-corrected chi connectivity index (χ0v) is 17.7. The quantitative estimate of drug-likeness (QED) is 0.285. The molecule has 0 atom stereocenters. The van der Waals surface area contributed by atoms with Crippen molar-refractivity contribution in [3.63, 3.8) is 0 Å². The van der Waals surface area contributed by atoms with Crippen LogP contribution < -0.4 is 14.2 Å². The molecule has 6 heteroatoms. The number of hydrogen-bond donors (Lipinski definition) is 0. The van der Waals surface area contributed by atoms with Crippen LogP contribution in [0, 0.1) is 6.92 Å². The molecule has 5 nitrogen and oxygen atoms in total. The van der Waals surface area contributed by atoms with Gasteiger partial charge in [0.05, 0.1) is 17.7 Å². The molecule has 3 aromatic rings. The number of halogens is 1. The number of fused-ring (bicyclic) bond motifs is 1. The smallest absolute Gasteiger partial charge is 0.343 e. The number of ether oxygens (including phenoxy) is 3. The van der Waals surface area contributed by atoms with Crippen molar-refractivity contribution < 1.29 is 23.8 Å². The van der Waals surface area contributed by atoms with E-state index >= 15 is 0 Å². The molecule has 1 heterocycles. The Labute approximate surface area is 184 Å². The molecule has 0 radical (unpaired) electrons. The van der Waals surface area contributed by atoms with Crippen LogP contribution >= 0.6 is 11.6 Å². The number of hydrogen-bond acceptors (Lipinski definition) is 5. The van der Waals surface area contributed by atoms with Crippen LogP contribution in [0.2, 0.25) is 5.02 Å². The van der Waals surface area contributed by atoms with Gasteiger partial charge in [0.25, 0.3) is 0 Å². The lowest BCUT2D eigenvalue weighted by atomic mass is 10.1. The summed E-state index contributed by atoms with van der Waals surface area (Å²) in [6, 6.07) is 17.0. The van der Waals surface area contributed by atoms with Gasteiger partial charge in [0.15, 0.2) is 5.76 Å². The molecule has 0 bridgehead atoms. The third-order valence-corrected chi connectivity index (χ3v) is 5.08. The molecular weight excluding hydrogens is 416 g/mol. The van der Waals surface area contributed by atoms with E-state index in [9.17, 15) is 9.59 Å². The van der Waals surface area contributed by atoms with E-state index in [1.165, 1.54) is 0 Å². The number of Topliss-reactive ketones (excluding diaryl/α,β-unsaturated/α-hetero) is 1. The molecule has 0 saturated heterocycles. The molecular formula is C25H19ClO5. The van der Waals surface area contributed by atoms with Crippen molar-refractivity contribution in [2.75, 3.05) is 6.61 Å². The van der Waals surface area contributed by atoms with E-state index in [0.29, 0.717) is 45.6 Å². The number of benzene rings is 3. The van der Waals surface area contributed by atoms with Gasteiger partial charge >= 0.3 is 5.97 Å². The summed E-state index contributed by atoms with van der Waals surface area (Å²) in [6.45, 7) is 4.15. The Morgan fingerprint density at radius 2 is 1.77 bits per heavy atom. The van der Waals surface area contributed by atoms with Gasteiger partial charge in [-0.2, -0.15) is 0 Å². The molecule has 0 saturated carbocycles. The molecule has 0 fully saturated rings. The van der Waals surface area contributed by atoms with E-state index in [4.69, 9.17) is 25.8 Å². The van der Waals surface area contributed by atoms with E-state index in [1.807, 2.05) is 31.2 Å². The molecule has 4 rings (SSSR count). The number of carbonyl (C=O) groups excluding carboxylic acids is 2. The van der Waals surface area contributed by atoms with E-state index in [2.05, 4.69) is 0 Å². The Bertz CT molecular complexity index is 1200. The second kappa shape index (κ2) is 8.66. The van der Waals surface area contributed by atoms with Gasteiger partial charge in [-0.1, -0.05) is 29.8 Å². The maximum Gasteiger partial charge on any atom is 0.343 e. The number of esters is 1. The van der Waals surface area contributed by atoms with Gasteiger partial charge in [-0.25, -0.2) is 4.79 Å². The van der Waals surface area contributed by atoms with Gasteiger partial charge in [-0.3, -0.25) is 4.79 Å². The van der Waals surface area contributed by atoms with Crippen LogP contribution in [0.25, 0.3) is 6.08 Å². The monoisotopic (exact) mass is 434 g/mol. The second-order valence-corrected chi connectivity index (χ2v) is 7.31. The fourth-order valence-corrected chi connectivity index (χ4v) is 3.38. The first-order valence-corrected chi connectivity index (χ1v) is 10.1. The van der Waals surface area contributed by atoms with Gasteiger partial charge in [-0.05, 0) is 62.4 Å². The molecule has 0 aliphatic carbocycles. The van der Waals surface area contributed by atoms with Crippen LogP contribution in [-0.2, 0) is 0 Å². The summed E-state index contributed by atoms with van der Waals surface area (Å²) in [5.41, 5.74) is 2.10. The molecule has 0 aromatic heterocycles. The lowest BCUT2D eigenvalue weighted by Crippen LogP contribution is -2.09. The predicted molar refractivity (Wildman–Crippen MR) is 118 cm³/mol. The SMILES string of the molecule is CCOc1ccccc1/C=C1\Oc2c(ccc(OC(=O)c3ccc(Cl)cc3)c2C)C1=O. The Hall–Kier alpha value is -3.57. The molecule has 31 heavy (non-hydrogen) atoms. The zero-order chi connectivity index (χ0) is 22.0. The Morgan fingerprint density at radius 3 is 2.52 bits per heavy atom. The largest absolute Gasteiger partial charge is 0.493 e. The highest BCUT2D eigenvalue weighted by atomic mass is 35.5. The van der Waals surface area contributed by atoms with Crippen LogP contribution in [0.5, 0.6) is 17.2 Å². The van der Waals surface area contributed by atoms with Gasteiger partial charge in [0.2, 0.25) is 5.78 Å². The van der Waals surface area contributed by atoms with Gasteiger partial charge in [-0.15, -0.1) is 0 Å². The summed E-state index contributed by atoms with van der Waals surface area (Å²) in [7, 11) is 0. The maximum absolute atomic E-state index is 12.9. The summed E-state index contributed by atoms with van der Waals surface area (Å²) in [6.07, 6.45) is 1.66. The number of para-hydroxylation sites is 1. The molecule has 0 unspecified atom stereocenters. The van der Waals surface area contributed by atoms with Gasteiger partial charge in [0.1, 0.15) is 17.2 Å². The first-order chi connectivity index (χ1) is 15.0. The van der Waals surface area contributed by atoms with Crippen molar-refractivity contribution >= 4 is 29.4 Å². The average molecular weight is 435 g/mol. The summed E-state index contributed by atoms with van der Waals surface area (Å²) < 4.78 is 17.0. The van der Waals surface area contributed by atoms with Crippen LogP contribution in [0.3, 0.4) is 0 Å². The van der Waals surface area contributed by atoms with E-state index in [-0.39, 0.29) is 11.5 Å². The third-order valence-electron chi connectivity index (χ3n) is 4.82. The highest BCUT2D eigenvalue weighted by molar-refractivity contribution is 6.30. The Kier molecular flexibility index (Phi) is 5.78. The van der Waals surface area contributed by atoms with E-state index < -0.39 is 5.97 Å². The number of allylic oxidation sites excluding steroid dienone is 1. The van der Waals surface area contributed by atoms with Crippen molar-refractivity contribution in [2.24, 2.45) is 0 Å². The van der Waals surface area contributed by atoms with Crippen molar-refractivity contribution in [1.82, 2.24) is 0 Å². The van der Waals surface area contributed by atoms with Crippen LogP contribution in [0.15, 0.2) is 66.4 Å². The van der Waals surface area contributed by atoms with Crippen LogP contribution in [-0.4, -0.2) is 18.4 Å². The summed E-state index contributed by atoms with van der Waals surface area (Å²) in [5.74, 6) is 0.796. The number of carbonyl (C=O) groups is 2. The topological polar surface area (TPSA) is 61.8 Å². The van der Waals surface area contributed by atoms with Crippen LogP contribution in [0.1, 0.15) is 38.8 Å². The van der Waals surface area contributed by atoms with Crippen molar-refractivity contribution in [3.05, 3.63) is 93.7 Å².